The van der Waals surface area contributed by atoms with Crippen molar-refractivity contribution in [3.8, 4) is 11.5 Å². The maximum atomic E-state index is 12.5. The molecule has 0 aliphatic carbocycles. The van der Waals surface area contributed by atoms with Gasteiger partial charge in [-0.2, -0.15) is 0 Å². The second kappa shape index (κ2) is 7.07. The summed E-state index contributed by atoms with van der Waals surface area (Å²) in [5.41, 5.74) is 3.03. The number of benzene rings is 2. The van der Waals surface area contributed by atoms with Crippen molar-refractivity contribution in [2.75, 3.05) is 20.3 Å². The number of hydrogen-bond acceptors (Lipinski definition) is 4. The van der Waals surface area contributed by atoms with Crippen LogP contribution in [-0.2, 0) is 17.9 Å². The minimum atomic E-state index is 0.0951. The maximum Gasteiger partial charge on any atom is 0.224 e. The SMILES string of the molecule is CN(Cc1ccc2c(c1)OCCO2)C(=O)CCn1cnc2ccccc21. The van der Waals surface area contributed by atoms with Crippen molar-refractivity contribution in [1.82, 2.24) is 14.5 Å². The summed E-state index contributed by atoms with van der Waals surface area (Å²) >= 11 is 0. The number of fused-ring (bicyclic) bond motifs is 2. The van der Waals surface area contributed by atoms with E-state index in [1.165, 1.54) is 0 Å². The highest BCUT2D eigenvalue weighted by Crippen LogP contribution is 2.31. The summed E-state index contributed by atoms with van der Waals surface area (Å²) in [4.78, 5) is 18.6. The third-order valence-corrected chi connectivity index (χ3v) is 4.55. The van der Waals surface area contributed by atoms with Crippen LogP contribution in [0.2, 0.25) is 0 Å². The van der Waals surface area contributed by atoms with Crippen LogP contribution in [0.3, 0.4) is 0 Å². The fourth-order valence-electron chi connectivity index (χ4n) is 3.14. The second-order valence-electron chi connectivity index (χ2n) is 6.40. The standard InChI is InChI=1S/C20H21N3O3/c1-22(13-15-6-7-18-19(12-15)26-11-10-25-18)20(24)8-9-23-14-21-16-4-2-3-5-17(16)23/h2-7,12,14H,8-11,13H2,1H3. The number of aromatic nitrogens is 2. The van der Waals surface area contributed by atoms with Gasteiger partial charge in [-0.15, -0.1) is 0 Å². The molecule has 26 heavy (non-hydrogen) atoms. The molecule has 0 spiro atoms. The van der Waals surface area contributed by atoms with Crippen molar-refractivity contribution in [1.29, 1.82) is 0 Å². The fraction of sp³-hybridized carbons (Fsp3) is 0.300. The smallest absolute Gasteiger partial charge is 0.224 e. The highest BCUT2D eigenvalue weighted by Gasteiger charge is 2.14. The summed E-state index contributed by atoms with van der Waals surface area (Å²) in [6, 6.07) is 13.8. The number of carbonyl (C=O) groups excluding carboxylic acids is 1. The molecule has 4 rings (SSSR count). The molecule has 0 N–H and O–H groups in total. The molecule has 1 aromatic heterocycles. The number of ether oxygens (including phenoxy) is 2. The van der Waals surface area contributed by atoms with Gasteiger partial charge in [0, 0.05) is 26.6 Å². The van der Waals surface area contributed by atoms with Crippen LogP contribution in [0.1, 0.15) is 12.0 Å². The molecule has 1 amide bonds. The average molecular weight is 351 g/mol. The molecule has 0 unspecified atom stereocenters. The molecule has 0 saturated carbocycles. The Morgan fingerprint density at radius 1 is 1.15 bits per heavy atom. The average Bonchev–Trinajstić information content (AvgIpc) is 3.09. The number of carbonyl (C=O) groups is 1. The van der Waals surface area contributed by atoms with Gasteiger partial charge >= 0.3 is 0 Å². The molecule has 2 aromatic carbocycles. The van der Waals surface area contributed by atoms with Crippen LogP contribution in [-0.4, -0.2) is 40.6 Å². The third-order valence-electron chi connectivity index (χ3n) is 4.55. The van der Waals surface area contributed by atoms with Gasteiger partial charge in [-0.1, -0.05) is 18.2 Å². The zero-order chi connectivity index (χ0) is 17.9. The van der Waals surface area contributed by atoms with Crippen LogP contribution in [0, 0.1) is 0 Å². The molecule has 0 bridgehead atoms. The van der Waals surface area contributed by atoms with E-state index in [1.54, 1.807) is 11.2 Å². The third kappa shape index (κ3) is 3.35. The molecule has 2 heterocycles. The van der Waals surface area contributed by atoms with Crippen molar-refractivity contribution in [2.24, 2.45) is 0 Å². The molecule has 0 radical (unpaired) electrons. The van der Waals surface area contributed by atoms with Crippen molar-refractivity contribution in [3.63, 3.8) is 0 Å². The molecule has 1 aliphatic rings. The van der Waals surface area contributed by atoms with Crippen molar-refractivity contribution < 1.29 is 14.3 Å². The van der Waals surface area contributed by atoms with Gasteiger partial charge in [-0.25, -0.2) is 4.98 Å². The van der Waals surface area contributed by atoms with Crippen LogP contribution in [0.25, 0.3) is 11.0 Å². The van der Waals surface area contributed by atoms with E-state index in [4.69, 9.17) is 9.47 Å². The molecule has 134 valence electrons. The molecule has 3 aromatic rings. The van der Waals surface area contributed by atoms with Gasteiger partial charge < -0.3 is 18.9 Å². The van der Waals surface area contributed by atoms with Crippen molar-refractivity contribution in [3.05, 3.63) is 54.4 Å². The van der Waals surface area contributed by atoms with Crippen LogP contribution < -0.4 is 9.47 Å². The molecule has 0 fully saturated rings. The first-order valence-corrected chi connectivity index (χ1v) is 8.73. The van der Waals surface area contributed by atoms with Gasteiger partial charge in [0.1, 0.15) is 13.2 Å². The van der Waals surface area contributed by atoms with Gasteiger partial charge in [-0.3, -0.25) is 4.79 Å². The van der Waals surface area contributed by atoms with Crippen LogP contribution in [0.5, 0.6) is 11.5 Å². The van der Waals surface area contributed by atoms with E-state index in [2.05, 4.69) is 4.98 Å². The van der Waals surface area contributed by atoms with E-state index in [-0.39, 0.29) is 5.91 Å². The highest BCUT2D eigenvalue weighted by molar-refractivity contribution is 5.77. The van der Waals surface area contributed by atoms with Gasteiger partial charge in [0.25, 0.3) is 0 Å². The number of para-hydroxylation sites is 2. The van der Waals surface area contributed by atoms with Gasteiger partial charge in [0.15, 0.2) is 11.5 Å². The lowest BCUT2D eigenvalue weighted by Gasteiger charge is -2.21. The number of amides is 1. The topological polar surface area (TPSA) is 56.6 Å². The Labute approximate surface area is 152 Å². The summed E-state index contributed by atoms with van der Waals surface area (Å²) in [7, 11) is 1.82. The number of imidazole rings is 1. The number of aryl methyl sites for hydroxylation is 1. The molecular weight excluding hydrogens is 330 g/mol. The molecule has 1 aliphatic heterocycles. The summed E-state index contributed by atoms with van der Waals surface area (Å²) in [5.74, 6) is 1.61. The van der Waals surface area contributed by atoms with E-state index in [9.17, 15) is 4.79 Å². The Balaban J connectivity index is 1.37. The monoisotopic (exact) mass is 351 g/mol. The number of hydrogen-bond donors (Lipinski definition) is 0. The second-order valence-corrected chi connectivity index (χ2v) is 6.40. The largest absolute Gasteiger partial charge is 0.486 e. The minimum absolute atomic E-state index is 0.0951. The zero-order valence-electron chi connectivity index (χ0n) is 14.7. The number of rotatable bonds is 5. The minimum Gasteiger partial charge on any atom is -0.486 e. The summed E-state index contributed by atoms with van der Waals surface area (Å²) in [6.07, 6.45) is 2.22. The Bertz CT molecular complexity index is 935. The van der Waals surface area contributed by atoms with Gasteiger partial charge in [0.2, 0.25) is 5.91 Å². The normalized spacial score (nSPS) is 13.0. The van der Waals surface area contributed by atoms with Crippen molar-refractivity contribution in [2.45, 2.75) is 19.5 Å². The highest BCUT2D eigenvalue weighted by atomic mass is 16.6. The lowest BCUT2D eigenvalue weighted by molar-refractivity contribution is -0.130. The quantitative estimate of drug-likeness (QED) is 0.709. The van der Waals surface area contributed by atoms with E-state index < -0.39 is 0 Å². The van der Waals surface area contributed by atoms with E-state index in [1.807, 2.05) is 54.1 Å². The molecule has 6 heteroatoms. The first kappa shape index (κ1) is 16.4. The molecule has 6 nitrogen and oxygen atoms in total. The summed E-state index contributed by atoms with van der Waals surface area (Å²) < 4.78 is 13.2. The number of nitrogens with zero attached hydrogens (tertiary/aromatic N) is 3. The van der Waals surface area contributed by atoms with Gasteiger partial charge in [0.05, 0.1) is 17.4 Å². The lowest BCUT2D eigenvalue weighted by Crippen LogP contribution is -2.27. The van der Waals surface area contributed by atoms with Crippen LogP contribution >= 0.6 is 0 Å². The predicted octanol–water partition coefficient (Wildman–Crippen LogP) is 2.86. The molecule has 0 atom stereocenters. The van der Waals surface area contributed by atoms with Gasteiger partial charge in [-0.05, 0) is 29.8 Å². The first-order valence-electron chi connectivity index (χ1n) is 8.73. The van der Waals surface area contributed by atoms with Crippen molar-refractivity contribution >= 4 is 16.9 Å². The predicted molar refractivity (Wildman–Crippen MR) is 98.3 cm³/mol. The Morgan fingerprint density at radius 2 is 1.96 bits per heavy atom. The Morgan fingerprint density at radius 3 is 2.85 bits per heavy atom. The Hall–Kier alpha value is -3.02. The fourth-order valence-corrected chi connectivity index (χ4v) is 3.14. The van der Waals surface area contributed by atoms with E-state index in [0.717, 1.165) is 28.1 Å². The summed E-state index contributed by atoms with van der Waals surface area (Å²) in [6.45, 7) is 2.29. The van der Waals surface area contributed by atoms with Crippen LogP contribution in [0.15, 0.2) is 48.8 Å². The van der Waals surface area contributed by atoms with E-state index >= 15 is 0 Å². The first-order chi connectivity index (χ1) is 12.7. The Kier molecular flexibility index (Phi) is 4.48. The van der Waals surface area contributed by atoms with Crippen LogP contribution in [0.4, 0.5) is 0 Å². The van der Waals surface area contributed by atoms with E-state index in [0.29, 0.717) is 32.7 Å². The molecule has 0 saturated heterocycles. The zero-order valence-corrected chi connectivity index (χ0v) is 14.7. The lowest BCUT2D eigenvalue weighted by atomic mass is 10.2. The molecular formula is C20H21N3O3. The maximum absolute atomic E-state index is 12.5. The summed E-state index contributed by atoms with van der Waals surface area (Å²) in [5, 5.41) is 0.